The van der Waals surface area contributed by atoms with E-state index in [4.69, 9.17) is 10.7 Å². The van der Waals surface area contributed by atoms with Crippen molar-refractivity contribution in [1.29, 1.82) is 0 Å². The predicted octanol–water partition coefficient (Wildman–Crippen LogP) is 1.96. The quantitative estimate of drug-likeness (QED) is 0.677. The summed E-state index contributed by atoms with van der Waals surface area (Å²) in [5, 5.41) is 19.5. The summed E-state index contributed by atoms with van der Waals surface area (Å²) >= 11 is 0. The van der Waals surface area contributed by atoms with Crippen LogP contribution in [0.25, 0.3) is 0 Å². The van der Waals surface area contributed by atoms with Crippen molar-refractivity contribution in [3.63, 3.8) is 0 Å². The van der Waals surface area contributed by atoms with Crippen molar-refractivity contribution in [3.8, 4) is 0 Å². The molecule has 3 aliphatic rings. The smallest absolute Gasteiger partial charge is 0.427 e. The Kier molecular flexibility index (Phi) is 6.37. The number of carbonyl (C=O) groups is 1. The highest BCUT2D eigenvalue weighted by atomic mass is 16.4. The highest BCUT2D eigenvalue weighted by molar-refractivity contribution is 6.44. The first-order chi connectivity index (χ1) is 14.1. The van der Waals surface area contributed by atoms with Gasteiger partial charge in [0.15, 0.2) is 0 Å². The van der Waals surface area contributed by atoms with Crippen LogP contribution in [0.15, 0.2) is 29.3 Å². The third-order valence-electron chi connectivity index (χ3n) is 7.16. The molecule has 0 spiro atoms. The Morgan fingerprint density at radius 3 is 2.69 bits per heavy atom. The summed E-state index contributed by atoms with van der Waals surface area (Å²) in [4.78, 5) is 20.0. The second-order valence-corrected chi connectivity index (χ2v) is 8.81. The Morgan fingerprint density at radius 1 is 1.17 bits per heavy atom. The van der Waals surface area contributed by atoms with Crippen LogP contribution in [0.2, 0.25) is 5.82 Å². The van der Waals surface area contributed by atoms with E-state index in [1.54, 1.807) is 0 Å². The van der Waals surface area contributed by atoms with Gasteiger partial charge in [-0.25, -0.2) is 0 Å². The zero-order valence-corrected chi connectivity index (χ0v) is 17.0. The van der Waals surface area contributed by atoms with E-state index < -0.39 is 7.12 Å². The van der Waals surface area contributed by atoms with Crippen molar-refractivity contribution < 1.29 is 14.8 Å². The normalized spacial score (nSPS) is 27.9. The van der Waals surface area contributed by atoms with Crippen LogP contribution in [0.3, 0.4) is 0 Å². The van der Waals surface area contributed by atoms with Gasteiger partial charge in [0.2, 0.25) is 5.91 Å². The molecule has 29 heavy (non-hydrogen) atoms. The Balaban J connectivity index is 1.41. The lowest BCUT2D eigenvalue weighted by atomic mass is 9.55. The molecule has 0 aromatic heterocycles. The number of aliphatic imine (C=N–C) groups is 1. The maximum atomic E-state index is 13.3. The lowest BCUT2D eigenvalue weighted by Crippen LogP contribution is -2.49. The van der Waals surface area contributed by atoms with E-state index in [1.165, 1.54) is 5.56 Å². The first-order valence-electron chi connectivity index (χ1n) is 11.1. The minimum Gasteiger partial charge on any atom is -0.427 e. The molecular formula is C22H32BN3O3. The Bertz CT molecular complexity index is 761. The van der Waals surface area contributed by atoms with Gasteiger partial charge in [0.25, 0.3) is 0 Å². The van der Waals surface area contributed by atoms with Gasteiger partial charge in [-0.05, 0) is 55.1 Å². The van der Waals surface area contributed by atoms with Gasteiger partial charge in [-0.15, -0.1) is 0 Å². The predicted molar refractivity (Wildman–Crippen MR) is 115 cm³/mol. The van der Waals surface area contributed by atoms with Crippen LogP contribution < -0.4 is 5.73 Å². The summed E-state index contributed by atoms with van der Waals surface area (Å²) < 4.78 is 0. The van der Waals surface area contributed by atoms with Crippen molar-refractivity contribution >= 4 is 18.7 Å². The number of piperidine rings is 1. The molecule has 0 bridgehead atoms. The third kappa shape index (κ3) is 4.27. The molecule has 3 unspecified atom stereocenters. The number of fused-ring (bicyclic) bond motifs is 1. The molecule has 1 aromatic carbocycles. The van der Waals surface area contributed by atoms with E-state index in [0.717, 1.165) is 56.6 Å². The van der Waals surface area contributed by atoms with Crippen LogP contribution in [0.1, 0.15) is 55.6 Å². The number of nitrogens with zero attached hydrogens (tertiary/aromatic N) is 2. The van der Waals surface area contributed by atoms with E-state index in [1.807, 2.05) is 4.90 Å². The van der Waals surface area contributed by atoms with Crippen molar-refractivity contribution in [2.24, 2.45) is 22.6 Å². The van der Waals surface area contributed by atoms with Crippen LogP contribution in [0.4, 0.5) is 0 Å². The highest BCUT2D eigenvalue weighted by Gasteiger charge is 2.45. The number of hydrogen-bond acceptors (Lipinski definition) is 5. The molecule has 4 N–H and O–H groups in total. The van der Waals surface area contributed by atoms with E-state index >= 15 is 0 Å². The average Bonchev–Trinajstić information content (AvgIpc) is 2.78. The molecule has 2 heterocycles. The summed E-state index contributed by atoms with van der Waals surface area (Å²) in [6.07, 6.45) is 5.17. The summed E-state index contributed by atoms with van der Waals surface area (Å²) in [7, 11) is -1.32. The number of nitrogens with two attached hydrogens (primary N) is 1. The first kappa shape index (κ1) is 20.6. The average molecular weight is 397 g/mol. The lowest BCUT2D eigenvalue weighted by molar-refractivity contribution is -0.135. The molecule has 1 aliphatic carbocycles. The minimum absolute atomic E-state index is 0.0444. The molecule has 6 nitrogen and oxygen atoms in total. The van der Waals surface area contributed by atoms with Gasteiger partial charge in [0.1, 0.15) is 0 Å². The fraction of sp³-hybridized carbons (Fsp3) is 0.636. The van der Waals surface area contributed by atoms with Crippen molar-refractivity contribution in [2.45, 2.75) is 56.8 Å². The maximum absolute atomic E-state index is 13.3. The Morgan fingerprint density at radius 2 is 1.97 bits per heavy atom. The molecule has 1 saturated heterocycles. The van der Waals surface area contributed by atoms with Gasteiger partial charge < -0.3 is 20.7 Å². The molecule has 2 aliphatic heterocycles. The van der Waals surface area contributed by atoms with Crippen molar-refractivity contribution in [2.75, 3.05) is 19.6 Å². The molecular weight excluding hydrogens is 365 g/mol. The second-order valence-electron chi connectivity index (χ2n) is 8.81. The number of rotatable bonds is 4. The van der Waals surface area contributed by atoms with Crippen LogP contribution in [-0.4, -0.2) is 53.3 Å². The van der Waals surface area contributed by atoms with Crippen molar-refractivity contribution in [3.05, 3.63) is 35.4 Å². The van der Waals surface area contributed by atoms with E-state index in [-0.39, 0.29) is 23.6 Å². The number of carbonyl (C=O) groups excluding carboxylic acids is 1. The monoisotopic (exact) mass is 397 g/mol. The van der Waals surface area contributed by atoms with E-state index in [9.17, 15) is 14.8 Å². The molecule has 2 fully saturated rings. The van der Waals surface area contributed by atoms with Gasteiger partial charge >= 0.3 is 7.12 Å². The molecule has 1 amide bonds. The molecule has 1 saturated carbocycles. The molecule has 7 heteroatoms. The first-order valence-corrected chi connectivity index (χ1v) is 11.1. The van der Waals surface area contributed by atoms with Crippen LogP contribution in [0.5, 0.6) is 0 Å². The SMILES string of the molecule is NCc1cccc(C2CCN(C(=O)C3CCC(B(O)O)C4CCCN=C34)CC2)c1. The molecule has 1 aromatic rings. The number of amides is 1. The van der Waals surface area contributed by atoms with E-state index in [0.29, 0.717) is 25.3 Å². The second kappa shape index (κ2) is 8.98. The van der Waals surface area contributed by atoms with Crippen LogP contribution in [-0.2, 0) is 11.3 Å². The van der Waals surface area contributed by atoms with Crippen LogP contribution in [0, 0.1) is 11.8 Å². The van der Waals surface area contributed by atoms with E-state index in [2.05, 4.69) is 24.3 Å². The van der Waals surface area contributed by atoms with Crippen molar-refractivity contribution in [1.82, 2.24) is 4.90 Å². The zero-order chi connectivity index (χ0) is 20.4. The third-order valence-corrected chi connectivity index (χ3v) is 7.16. The molecule has 3 atom stereocenters. The largest absolute Gasteiger partial charge is 0.455 e. The Hall–Kier alpha value is -1.70. The zero-order valence-electron chi connectivity index (χ0n) is 17.0. The topological polar surface area (TPSA) is 99.2 Å². The van der Waals surface area contributed by atoms with Gasteiger partial charge in [0.05, 0.1) is 5.92 Å². The number of hydrogen-bond donors (Lipinski definition) is 3. The van der Waals surface area contributed by atoms with Gasteiger partial charge in [-0.2, -0.15) is 0 Å². The number of likely N-dealkylation sites (tertiary alicyclic amines) is 1. The van der Waals surface area contributed by atoms with Gasteiger partial charge in [-0.3, -0.25) is 9.79 Å². The van der Waals surface area contributed by atoms with Crippen LogP contribution >= 0.6 is 0 Å². The van der Waals surface area contributed by atoms with Gasteiger partial charge in [-0.1, -0.05) is 30.7 Å². The Labute approximate surface area is 173 Å². The lowest BCUT2D eigenvalue weighted by Gasteiger charge is -2.41. The standard InChI is InChI=1S/C22H32BN3O3/c24-14-15-3-1-4-17(13-15)16-8-11-26(12-9-16)22(27)19-6-7-20(23(28)29)18-5-2-10-25-21(18)19/h1,3-4,13,16,18-20,28-29H,2,5-12,14,24H2. The number of benzene rings is 1. The summed E-state index contributed by atoms with van der Waals surface area (Å²) in [5.74, 6) is 0.357. The van der Waals surface area contributed by atoms with Gasteiger partial charge in [0, 0.05) is 37.7 Å². The maximum Gasteiger partial charge on any atom is 0.455 e. The minimum atomic E-state index is -1.32. The highest BCUT2D eigenvalue weighted by Crippen LogP contribution is 2.42. The molecule has 0 radical (unpaired) electrons. The summed E-state index contributed by atoms with van der Waals surface area (Å²) in [6.45, 7) is 2.86. The summed E-state index contributed by atoms with van der Waals surface area (Å²) in [5.41, 5.74) is 9.20. The fourth-order valence-electron chi connectivity index (χ4n) is 5.53. The summed E-state index contributed by atoms with van der Waals surface area (Å²) in [6, 6.07) is 8.50. The molecule has 4 rings (SSSR count). The fourth-order valence-corrected chi connectivity index (χ4v) is 5.53. The molecule has 156 valence electrons.